The van der Waals surface area contributed by atoms with Gasteiger partial charge in [0.25, 0.3) is 5.91 Å². The summed E-state index contributed by atoms with van der Waals surface area (Å²) in [5, 5.41) is 9.45. The van der Waals surface area contributed by atoms with Crippen LogP contribution in [0, 0.1) is 0 Å². The number of aliphatic imine (C=N–C) groups is 1. The molecule has 1 N–H and O–H groups in total. The number of hydrogen-bond donors (Lipinski definition) is 1. The van der Waals surface area contributed by atoms with Crippen LogP contribution in [0.2, 0.25) is 0 Å². The molecule has 0 unspecified atom stereocenters. The van der Waals surface area contributed by atoms with Crippen LogP contribution >= 0.6 is 0 Å². The second kappa shape index (κ2) is 7.30. The molecule has 4 rings (SSSR count). The van der Waals surface area contributed by atoms with Gasteiger partial charge in [-0.05, 0) is 24.1 Å². The van der Waals surface area contributed by atoms with Gasteiger partial charge in [-0.1, -0.05) is 48.5 Å². The molecule has 2 heterocycles. The first-order valence-electron chi connectivity index (χ1n) is 9.01. The summed E-state index contributed by atoms with van der Waals surface area (Å²) in [7, 11) is 0. The van der Waals surface area contributed by atoms with Crippen molar-refractivity contribution in [3.63, 3.8) is 0 Å². The number of fused-ring (bicyclic) bond motifs is 1. The van der Waals surface area contributed by atoms with E-state index >= 15 is 0 Å². The van der Waals surface area contributed by atoms with Crippen molar-refractivity contribution in [3.8, 4) is 0 Å². The van der Waals surface area contributed by atoms with Crippen LogP contribution in [0.4, 0.5) is 0 Å². The highest BCUT2D eigenvalue weighted by molar-refractivity contribution is 5.99. The van der Waals surface area contributed by atoms with Gasteiger partial charge in [0.15, 0.2) is 6.04 Å². The van der Waals surface area contributed by atoms with Gasteiger partial charge in [0.05, 0.1) is 0 Å². The van der Waals surface area contributed by atoms with Crippen LogP contribution in [0.5, 0.6) is 0 Å². The fourth-order valence-corrected chi connectivity index (χ4v) is 3.72. The first kappa shape index (κ1) is 16.8. The topological polar surface area (TPSA) is 62.1 Å². The Balaban J connectivity index is 1.59. The molecule has 1 saturated heterocycles. The molecular weight excluding hydrogens is 328 g/mol. The summed E-state index contributed by atoms with van der Waals surface area (Å²) >= 11 is 0. The molecule has 5 nitrogen and oxygen atoms in total. The molecule has 0 aromatic heterocycles. The number of nitrogens with zero attached hydrogens (tertiary/aromatic N) is 2. The van der Waals surface area contributed by atoms with Crippen molar-refractivity contribution in [2.24, 2.45) is 4.99 Å². The van der Waals surface area contributed by atoms with Crippen LogP contribution in [0.15, 0.2) is 65.7 Å². The number of piperidine rings is 1. The molecule has 3 atom stereocenters. The summed E-state index contributed by atoms with van der Waals surface area (Å²) in [5.41, 5.74) is 1.97. The minimum absolute atomic E-state index is 0.0190. The van der Waals surface area contributed by atoms with Crippen LogP contribution in [0.3, 0.4) is 0 Å². The summed E-state index contributed by atoms with van der Waals surface area (Å²) < 4.78 is 6.02. The van der Waals surface area contributed by atoms with Crippen molar-refractivity contribution >= 4 is 11.8 Å². The lowest BCUT2D eigenvalue weighted by Gasteiger charge is -2.39. The number of amides is 1. The zero-order valence-corrected chi connectivity index (χ0v) is 14.5. The molecule has 0 saturated carbocycles. The maximum absolute atomic E-state index is 13.1. The van der Waals surface area contributed by atoms with E-state index in [-0.39, 0.29) is 24.7 Å². The molecule has 134 valence electrons. The van der Waals surface area contributed by atoms with Crippen molar-refractivity contribution in [2.75, 3.05) is 6.61 Å². The maximum Gasteiger partial charge on any atom is 0.251 e. The Morgan fingerprint density at radius 3 is 2.46 bits per heavy atom. The molecule has 2 aliphatic rings. The summed E-state index contributed by atoms with van der Waals surface area (Å²) in [6.07, 6.45) is 0.983. The van der Waals surface area contributed by atoms with Gasteiger partial charge >= 0.3 is 0 Å². The highest BCUT2D eigenvalue weighted by Gasteiger charge is 2.46. The van der Waals surface area contributed by atoms with E-state index < -0.39 is 6.04 Å². The number of rotatable bonds is 5. The van der Waals surface area contributed by atoms with Crippen molar-refractivity contribution in [2.45, 2.75) is 37.6 Å². The van der Waals surface area contributed by atoms with Gasteiger partial charge in [-0.3, -0.25) is 4.79 Å². The molecule has 0 bridgehead atoms. The number of aliphatic hydroxyl groups is 1. The molecule has 0 aliphatic carbocycles. The zero-order valence-electron chi connectivity index (χ0n) is 14.5. The average Bonchev–Trinajstić information content (AvgIpc) is 3.11. The minimum Gasteiger partial charge on any atom is -0.471 e. The summed E-state index contributed by atoms with van der Waals surface area (Å²) in [6.45, 7) is 0.580. The number of aliphatic hydroxyl groups excluding tert-OH is 1. The SMILES string of the molecule is O=C1[C@@H]2N=C(c3ccccc3)O[C@@H]2C[C@H](CCO)N1Cc1ccccc1. The third kappa shape index (κ3) is 3.22. The first-order chi connectivity index (χ1) is 12.8. The smallest absolute Gasteiger partial charge is 0.251 e. The number of benzene rings is 2. The van der Waals surface area contributed by atoms with Crippen LogP contribution in [0.1, 0.15) is 24.0 Å². The fraction of sp³-hybridized carbons (Fsp3) is 0.333. The molecule has 2 aromatic rings. The lowest BCUT2D eigenvalue weighted by atomic mass is 9.92. The van der Waals surface area contributed by atoms with Gasteiger partial charge in [0.2, 0.25) is 5.90 Å². The third-order valence-corrected chi connectivity index (χ3v) is 5.03. The van der Waals surface area contributed by atoms with Gasteiger partial charge in [-0.15, -0.1) is 0 Å². The van der Waals surface area contributed by atoms with Crippen molar-refractivity contribution in [1.29, 1.82) is 0 Å². The Bertz CT molecular complexity index is 791. The summed E-state index contributed by atoms with van der Waals surface area (Å²) in [4.78, 5) is 19.6. The van der Waals surface area contributed by atoms with E-state index in [9.17, 15) is 9.90 Å². The predicted octanol–water partition coefficient (Wildman–Crippen LogP) is 2.38. The second-order valence-corrected chi connectivity index (χ2v) is 6.75. The van der Waals surface area contributed by atoms with Crippen molar-refractivity contribution < 1.29 is 14.6 Å². The number of likely N-dealkylation sites (tertiary alicyclic amines) is 1. The van der Waals surface area contributed by atoms with Gasteiger partial charge in [-0.25, -0.2) is 4.99 Å². The van der Waals surface area contributed by atoms with E-state index in [4.69, 9.17) is 4.74 Å². The standard InChI is InChI=1S/C21H22N2O3/c24-12-11-17-13-18-19(22-20(26-18)16-9-5-2-6-10-16)21(25)23(17)14-15-7-3-1-4-8-15/h1-10,17-19,24H,11-14H2/t17-,18+,19+/m0/s1. The molecule has 5 heteroatoms. The van der Waals surface area contributed by atoms with Crippen LogP contribution in [-0.4, -0.2) is 46.6 Å². The Morgan fingerprint density at radius 1 is 1.08 bits per heavy atom. The van der Waals surface area contributed by atoms with Crippen molar-refractivity contribution in [1.82, 2.24) is 4.90 Å². The summed E-state index contributed by atoms with van der Waals surface area (Å²) in [6, 6.07) is 19.1. The number of hydrogen-bond acceptors (Lipinski definition) is 4. The lowest BCUT2D eigenvalue weighted by molar-refractivity contribution is -0.142. The van der Waals surface area contributed by atoms with Crippen LogP contribution < -0.4 is 0 Å². The molecule has 0 spiro atoms. The molecule has 1 amide bonds. The van der Waals surface area contributed by atoms with Crippen LogP contribution in [-0.2, 0) is 16.1 Å². The van der Waals surface area contributed by atoms with Gasteiger partial charge in [0, 0.05) is 31.2 Å². The van der Waals surface area contributed by atoms with E-state index in [1.165, 1.54) is 0 Å². The third-order valence-electron chi connectivity index (χ3n) is 5.03. The minimum atomic E-state index is -0.496. The molecule has 1 fully saturated rings. The van der Waals surface area contributed by atoms with E-state index in [1.807, 2.05) is 65.6 Å². The zero-order chi connectivity index (χ0) is 17.9. The quantitative estimate of drug-likeness (QED) is 0.901. The monoisotopic (exact) mass is 350 g/mol. The Morgan fingerprint density at radius 2 is 1.77 bits per heavy atom. The molecule has 2 aromatic carbocycles. The number of ether oxygens (including phenoxy) is 1. The second-order valence-electron chi connectivity index (χ2n) is 6.75. The lowest BCUT2D eigenvalue weighted by Crippen LogP contribution is -2.54. The van der Waals surface area contributed by atoms with Crippen LogP contribution in [0.25, 0.3) is 0 Å². The first-order valence-corrected chi connectivity index (χ1v) is 9.01. The normalized spacial score (nSPS) is 24.8. The largest absolute Gasteiger partial charge is 0.471 e. The van der Waals surface area contributed by atoms with Gasteiger partial charge in [0.1, 0.15) is 6.10 Å². The maximum atomic E-state index is 13.1. The number of carbonyl (C=O) groups is 1. The van der Waals surface area contributed by atoms with Gasteiger partial charge in [-0.2, -0.15) is 0 Å². The van der Waals surface area contributed by atoms with E-state index in [0.717, 1.165) is 11.1 Å². The van der Waals surface area contributed by atoms with Crippen molar-refractivity contribution in [3.05, 3.63) is 71.8 Å². The van der Waals surface area contributed by atoms with E-state index in [2.05, 4.69) is 4.99 Å². The predicted molar refractivity (Wildman–Crippen MR) is 98.7 cm³/mol. The highest BCUT2D eigenvalue weighted by Crippen LogP contribution is 2.32. The summed E-state index contributed by atoms with van der Waals surface area (Å²) in [5.74, 6) is 0.521. The molecule has 0 radical (unpaired) electrons. The Hall–Kier alpha value is -2.66. The van der Waals surface area contributed by atoms with Gasteiger partial charge < -0.3 is 14.7 Å². The Labute approximate surface area is 152 Å². The average molecular weight is 350 g/mol. The number of carbonyl (C=O) groups excluding carboxylic acids is 1. The van der Waals surface area contributed by atoms with E-state index in [0.29, 0.717) is 25.3 Å². The fourth-order valence-electron chi connectivity index (χ4n) is 3.72. The Kier molecular flexibility index (Phi) is 4.71. The molecule has 2 aliphatic heterocycles. The van der Waals surface area contributed by atoms with E-state index in [1.54, 1.807) is 0 Å². The molecular formula is C21H22N2O3. The molecule has 26 heavy (non-hydrogen) atoms. The highest BCUT2D eigenvalue weighted by atomic mass is 16.5.